The number of hydrogen-bond donors (Lipinski definition) is 6. The van der Waals surface area contributed by atoms with Crippen LogP contribution in [0.3, 0.4) is 0 Å². The van der Waals surface area contributed by atoms with Gasteiger partial charge < -0.3 is 30.6 Å². The van der Waals surface area contributed by atoms with Crippen molar-refractivity contribution < 1.29 is 30.6 Å². The van der Waals surface area contributed by atoms with E-state index in [9.17, 15) is 30.6 Å². The van der Waals surface area contributed by atoms with Crippen molar-refractivity contribution in [3.05, 3.63) is 0 Å². The molecule has 0 amide bonds. The van der Waals surface area contributed by atoms with Gasteiger partial charge in [-0.05, 0) is 0 Å². The van der Waals surface area contributed by atoms with Gasteiger partial charge in [-0.25, -0.2) is 0 Å². The van der Waals surface area contributed by atoms with Crippen LogP contribution in [0, 0.1) is 0 Å². The fourth-order valence-corrected chi connectivity index (χ4v) is 2.10. The van der Waals surface area contributed by atoms with Crippen LogP contribution in [0.15, 0.2) is 0 Å². The Morgan fingerprint density at radius 3 is 1.14 bits per heavy atom. The zero-order chi connectivity index (χ0) is 11.3. The van der Waals surface area contributed by atoms with Gasteiger partial charge >= 0.3 is 0 Å². The van der Waals surface area contributed by atoms with Crippen LogP contribution < -0.4 is 0 Å². The Balaban J connectivity index is 3.10. The van der Waals surface area contributed by atoms with Gasteiger partial charge in [-0.2, -0.15) is 0 Å². The zero-order valence-electron chi connectivity index (χ0n) is 7.15. The van der Waals surface area contributed by atoms with Gasteiger partial charge in [0.25, 0.3) is 0 Å². The Hall–Kier alpha value is 0.620. The lowest BCUT2D eigenvalue weighted by molar-refractivity contribution is -0.249. The van der Waals surface area contributed by atoms with Gasteiger partial charge in [0.1, 0.15) is 35.1 Å². The lowest BCUT2D eigenvalue weighted by Crippen LogP contribution is -2.72. The molecule has 1 aliphatic carbocycles. The van der Waals surface area contributed by atoms with Crippen LogP contribution in [-0.4, -0.2) is 65.7 Å². The van der Waals surface area contributed by atoms with Crippen molar-refractivity contribution in [3.63, 3.8) is 0 Å². The second-order valence-electron chi connectivity index (χ2n) is 3.52. The Morgan fingerprint density at radius 2 is 0.929 bits per heavy atom. The van der Waals surface area contributed by atoms with Crippen LogP contribution >= 0.6 is 18.5 Å². The molecule has 0 saturated heterocycles. The highest BCUT2D eigenvalue weighted by atomic mass is 31.0. The molecule has 0 bridgehead atoms. The molecule has 6 N–H and O–H groups in total. The predicted octanol–water partition coefficient (Wildman–Crippen LogP) is -3.43. The quantitative estimate of drug-likeness (QED) is 0.247. The summed E-state index contributed by atoms with van der Waals surface area (Å²) < 4.78 is 0. The minimum absolute atomic E-state index is 1.73. The number of hydrogen-bond acceptors (Lipinski definition) is 6. The molecule has 0 aromatic carbocycles. The molecule has 6 nitrogen and oxygen atoms in total. The summed E-state index contributed by atoms with van der Waals surface area (Å²) in [5.41, 5.74) is 0. The molecule has 84 valence electrons. The highest BCUT2D eigenvalue weighted by Gasteiger charge is 2.62. The number of aliphatic hydroxyl groups is 6. The monoisotopic (exact) mass is 244 g/mol. The van der Waals surface area contributed by atoms with Crippen LogP contribution in [0.2, 0.25) is 0 Å². The maximum atomic E-state index is 9.64. The summed E-state index contributed by atoms with van der Waals surface area (Å²) in [5.74, 6) is 0. The van der Waals surface area contributed by atoms with Crippen molar-refractivity contribution in [1.82, 2.24) is 0 Å². The topological polar surface area (TPSA) is 121 Å². The van der Waals surface area contributed by atoms with Crippen LogP contribution in [0.4, 0.5) is 0 Å². The summed E-state index contributed by atoms with van der Waals surface area (Å²) in [6.45, 7) is 0. The van der Waals surface area contributed by atoms with Gasteiger partial charge in [-0.15, -0.1) is 0 Å². The summed E-state index contributed by atoms with van der Waals surface area (Å²) in [6.07, 6.45) is -7.02. The molecule has 1 rings (SSSR count). The van der Waals surface area contributed by atoms with E-state index in [-0.39, 0.29) is 0 Å². The molecule has 1 saturated carbocycles. The van der Waals surface area contributed by atoms with E-state index in [1.54, 1.807) is 18.5 Å². The maximum Gasteiger partial charge on any atom is 0.140 e. The van der Waals surface area contributed by atoms with Gasteiger partial charge in [-0.3, -0.25) is 0 Å². The average Bonchev–Trinajstić information content (AvgIpc) is 2.10. The van der Waals surface area contributed by atoms with Crippen LogP contribution in [0.5, 0.6) is 0 Å². The fourth-order valence-electron chi connectivity index (χ4n) is 1.37. The highest BCUT2D eigenvalue weighted by molar-refractivity contribution is 7.24. The van der Waals surface area contributed by atoms with Crippen LogP contribution in [0.1, 0.15) is 0 Å². The first kappa shape index (κ1) is 12.7. The third kappa shape index (κ3) is 1.51. The van der Waals surface area contributed by atoms with Crippen molar-refractivity contribution >= 4 is 18.5 Å². The van der Waals surface area contributed by atoms with E-state index < -0.39 is 35.1 Å². The lowest BCUT2D eigenvalue weighted by Gasteiger charge is -2.51. The van der Waals surface area contributed by atoms with E-state index in [0.29, 0.717) is 0 Å². The predicted molar refractivity (Wildman–Crippen MR) is 53.3 cm³/mol. The van der Waals surface area contributed by atoms with Crippen LogP contribution in [0.25, 0.3) is 0 Å². The maximum absolute atomic E-state index is 9.64. The van der Waals surface area contributed by atoms with E-state index in [1.165, 1.54) is 0 Å². The van der Waals surface area contributed by atoms with Crippen molar-refractivity contribution in [2.45, 2.75) is 35.1 Å². The SMILES string of the molecule is O[C@@H]1[C@H](O)[C@H](O)[C@](O)(P)[C@@](O)(P)[C@H]1O. The van der Waals surface area contributed by atoms with Gasteiger partial charge in [0.2, 0.25) is 0 Å². The molecule has 0 spiro atoms. The molecule has 1 aliphatic rings. The normalized spacial score (nSPS) is 60.0. The molecule has 0 radical (unpaired) electrons. The van der Waals surface area contributed by atoms with E-state index in [4.69, 9.17) is 0 Å². The van der Waals surface area contributed by atoms with E-state index in [1.807, 2.05) is 0 Å². The molecule has 2 unspecified atom stereocenters. The Labute approximate surface area is 85.0 Å². The molecule has 1 fully saturated rings. The Bertz CT molecular complexity index is 208. The smallest absolute Gasteiger partial charge is 0.140 e. The molecule has 8 atom stereocenters. The molecule has 0 aliphatic heterocycles. The van der Waals surface area contributed by atoms with Crippen molar-refractivity contribution in [3.8, 4) is 0 Å². The first-order valence-electron chi connectivity index (χ1n) is 3.88. The molecule has 0 aromatic heterocycles. The Kier molecular flexibility index (Phi) is 3.24. The number of rotatable bonds is 0. The van der Waals surface area contributed by atoms with Gasteiger partial charge in [0, 0.05) is 0 Å². The van der Waals surface area contributed by atoms with Crippen molar-refractivity contribution in [2.75, 3.05) is 0 Å². The zero-order valence-corrected chi connectivity index (χ0v) is 9.46. The van der Waals surface area contributed by atoms with E-state index >= 15 is 0 Å². The summed E-state index contributed by atoms with van der Waals surface area (Å²) >= 11 is 0. The minimum atomic E-state index is -2.21. The highest BCUT2D eigenvalue weighted by Crippen LogP contribution is 2.46. The molecule has 8 heteroatoms. The largest absolute Gasteiger partial charge is 0.387 e. The first-order chi connectivity index (χ1) is 6.14. The summed E-state index contributed by atoms with van der Waals surface area (Å²) in [6, 6.07) is 0. The third-order valence-electron chi connectivity index (χ3n) is 2.54. The van der Waals surface area contributed by atoms with E-state index in [0.717, 1.165) is 0 Å². The first-order valence-corrected chi connectivity index (χ1v) is 5.04. The third-order valence-corrected chi connectivity index (χ3v) is 4.48. The summed E-state index contributed by atoms with van der Waals surface area (Å²) in [5, 5.41) is 52.0. The van der Waals surface area contributed by atoms with Crippen molar-refractivity contribution in [1.29, 1.82) is 0 Å². The molecule has 0 heterocycles. The lowest BCUT2D eigenvalue weighted by atomic mass is 9.83. The molecule has 14 heavy (non-hydrogen) atoms. The van der Waals surface area contributed by atoms with Gasteiger partial charge in [0.15, 0.2) is 0 Å². The molecule has 0 aromatic rings. The van der Waals surface area contributed by atoms with E-state index in [2.05, 4.69) is 0 Å². The standard InChI is InChI=1S/C6H14O6P2/c7-1-2(8)4(10)6(12,14)5(11,13)3(1)9/h1-4,7-12H,13-14H2/t1-,2+,3-,4-,5-,6-/m0/s1. The summed E-state index contributed by atoms with van der Waals surface area (Å²) in [7, 11) is 3.48. The average molecular weight is 244 g/mol. The second-order valence-corrected chi connectivity index (χ2v) is 5.28. The van der Waals surface area contributed by atoms with Gasteiger partial charge in [0.05, 0.1) is 0 Å². The fraction of sp³-hybridized carbons (Fsp3) is 1.00. The molecular weight excluding hydrogens is 230 g/mol. The molecular formula is C6H14O6P2. The number of aliphatic hydroxyl groups excluding tert-OH is 4. The van der Waals surface area contributed by atoms with Crippen molar-refractivity contribution in [2.24, 2.45) is 0 Å². The van der Waals surface area contributed by atoms with Crippen LogP contribution in [-0.2, 0) is 0 Å². The second kappa shape index (κ2) is 3.58. The Morgan fingerprint density at radius 1 is 0.714 bits per heavy atom. The minimum Gasteiger partial charge on any atom is -0.387 e. The summed E-state index contributed by atoms with van der Waals surface area (Å²) in [4.78, 5) is 0. The van der Waals surface area contributed by atoms with Gasteiger partial charge in [-0.1, -0.05) is 18.5 Å².